The zero-order valence-electron chi connectivity index (χ0n) is 20.3. The zero-order valence-corrected chi connectivity index (χ0v) is 21.1. The average Bonchev–Trinajstić information content (AvgIpc) is 3.15. The van der Waals surface area contributed by atoms with Crippen molar-refractivity contribution in [1.82, 2.24) is 9.55 Å². The molecule has 0 aliphatic rings. The zero-order chi connectivity index (χ0) is 26.4. The Hall–Kier alpha value is -3.79. The lowest BCUT2D eigenvalue weighted by Crippen LogP contribution is -2.33. The summed E-state index contributed by atoms with van der Waals surface area (Å²) in [5.74, 6) is -1.83. The van der Waals surface area contributed by atoms with Gasteiger partial charge in [-0.3, -0.25) is 9.52 Å². The summed E-state index contributed by atoms with van der Waals surface area (Å²) in [6.45, 7) is 6.55. The first-order valence-electron chi connectivity index (χ1n) is 11.3. The fourth-order valence-corrected chi connectivity index (χ4v) is 4.58. The van der Waals surface area contributed by atoms with E-state index in [0.29, 0.717) is 28.8 Å². The second-order valence-corrected chi connectivity index (χ2v) is 11.8. The molecule has 2 aromatic heterocycles. The van der Waals surface area contributed by atoms with Gasteiger partial charge < -0.3 is 10.3 Å². The number of sulfonamides is 1. The number of nitrogens with one attached hydrogen (secondary N) is 1. The number of benzene rings is 2. The van der Waals surface area contributed by atoms with Crippen LogP contribution in [-0.4, -0.2) is 28.6 Å². The maximum atomic E-state index is 15.3. The van der Waals surface area contributed by atoms with Crippen LogP contribution in [0.15, 0.2) is 54.7 Å². The van der Waals surface area contributed by atoms with Crippen molar-refractivity contribution in [2.45, 2.75) is 38.9 Å². The van der Waals surface area contributed by atoms with Crippen LogP contribution in [0.5, 0.6) is 0 Å². The molecule has 1 amide bonds. The first kappa shape index (κ1) is 25.3. The van der Waals surface area contributed by atoms with Crippen LogP contribution >= 0.6 is 0 Å². The molecule has 0 fully saturated rings. The van der Waals surface area contributed by atoms with Crippen molar-refractivity contribution < 1.29 is 22.0 Å². The Morgan fingerprint density at radius 3 is 2.28 bits per heavy atom. The third kappa shape index (κ3) is 4.44. The van der Waals surface area contributed by atoms with Crippen molar-refractivity contribution in [2.24, 2.45) is 5.73 Å². The molecule has 2 heterocycles. The Morgan fingerprint density at radius 1 is 1.08 bits per heavy atom. The van der Waals surface area contributed by atoms with Crippen LogP contribution in [0.3, 0.4) is 0 Å². The number of hydrogen-bond donors (Lipinski definition) is 2. The number of primary amides is 1. The number of nitrogens with two attached hydrogens (primary N) is 1. The molecule has 4 aromatic rings. The fourth-order valence-electron chi connectivity index (χ4n) is 3.88. The minimum absolute atomic E-state index is 0.0385. The number of rotatable bonds is 6. The molecule has 0 saturated carbocycles. The molecule has 10 heteroatoms. The highest BCUT2D eigenvalue weighted by Gasteiger charge is 2.30. The second kappa shape index (κ2) is 9.02. The van der Waals surface area contributed by atoms with Gasteiger partial charge in [-0.1, -0.05) is 6.92 Å². The first-order valence-corrected chi connectivity index (χ1v) is 12.7. The molecule has 0 spiro atoms. The van der Waals surface area contributed by atoms with Crippen molar-refractivity contribution in [2.75, 3.05) is 4.72 Å². The number of nitrogens with zero attached hydrogens (tertiary/aromatic N) is 2. The Kier molecular flexibility index (Phi) is 6.34. The molecule has 0 aliphatic carbocycles. The Labute approximate surface area is 208 Å². The highest BCUT2D eigenvalue weighted by Crippen LogP contribution is 2.38. The third-order valence-corrected chi connectivity index (χ3v) is 7.99. The molecule has 0 radical (unpaired) electrons. The fraction of sp³-hybridized carbons (Fsp3) is 0.231. The van der Waals surface area contributed by atoms with Gasteiger partial charge in [0.1, 0.15) is 17.5 Å². The summed E-state index contributed by atoms with van der Waals surface area (Å²) in [5, 5.41) is 0.0385. The van der Waals surface area contributed by atoms with E-state index in [4.69, 9.17) is 5.73 Å². The number of amides is 1. The topological polar surface area (TPSA) is 107 Å². The van der Waals surface area contributed by atoms with Gasteiger partial charge >= 0.3 is 0 Å². The van der Waals surface area contributed by atoms with Gasteiger partial charge in [0, 0.05) is 22.8 Å². The number of carbonyl (C=O) groups is 1. The summed E-state index contributed by atoms with van der Waals surface area (Å²) < 4.78 is 57.1. The molecule has 0 bridgehead atoms. The summed E-state index contributed by atoms with van der Waals surface area (Å²) >= 11 is 0. The van der Waals surface area contributed by atoms with Crippen LogP contribution in [0, 0.1) is 11.6 Å². The summed E-state index contributed by atoms with van der Waals surface area (Å²) in [6.07, 6.45) is 1.92. The lowest BCUT2D eigenvalue weighted by atomic mass is 10.0. The van der Waals surface area contributed by atoms with E-state index < -0.39 is 32.3 Å². The summed E-state index contributed by atoms with van der Waals surface area (Å²) in [6, 6.07) is 11.7. The molecule has 2 aromatic carbocycles. The van der Waals surface area contributed by atoms with E-state index >= 15 is 4.39 Å². The minimum Gasteiger partial charge on any atom is -0.366 e. The van der Waals surface area contributed by atoms with Gasteiger partial charge in [-0.25, -0.2) is 22.2 Å². The molecule has 0 saturated heterocycles. The predicted octanol–water partition coefficient (Wildman–Crippen LogP) is 5.17. The summed E-state index contributed by atoms with van der Waals surface area (Å²) in [5.41, 5.74) is 7.91. The summed E-state index contributed by atoms with van der Waals surface area (Å²) in [4.78, 5) is 16.9. The monoisotopic (exact) mass is 512 g/mol. The predicted molar refractivity (Wildman–Crippen MR) is 137 cm³/mol. The van der Waals surface area contributed by atoms with Gasteiger partial charge in [-0.15, -0.1) is 0 Å². The Balaban J connectivity index is 2.00. The van der Waals surface area contributed by atoms with Gasteiger partial charge in [0.25, 0.3) is 5.91 Å². The van der Waals surface area contributed by atoms with E-state index in [1.54, 1.807) is 37.5 Å². The molecular weight excluding hydrogens is 486 g/mol. The molecule has 4 rings (SSSR count). The largest absolute Gasteiger partial charge is 0.366 e. The Bertz CT molecular complexity index is 1570. The van der Waals surface area contributed by atoms with E-state index in [1.165, 1.54) is 42.6 Å². The highest BCUT2D eigenvalue weighted by molar-refractivity contribution is 7.94. The van der Waals surface area contributed by atoms with E-state index in [-0.39, 0.29) is 22.5 Å². The second-order valence-electron chi connectivity index (χ2n) is 9.37. The van der Waals surface area contributed by atoms with Crippen molar-refractivity contribution in [3.05, 3.63) is 77.5 Å². The number of halogens is 2. The number of anilines is 1. The molecule has 36 heavy (non-hydrogen) atoms. The normalized spacial score (nSPS) is 12.2. The maximum Gasteiger partial charge on any atom is 0.251 e. The van der Waals surface area contributed by atoms with Crippen molar-refractivity contribution in [3.63, 3.8) is 0 Å². The van der Waals surface area contributed by atoms with E-state index in [0.717, 1.165) is 0 Å². The lowest BCUT2D eigenvalue weighted by Gasteiger charge is -2.20. The molecule has 3 N–H and O–H groups in total. The molecule has 0 aliphatic heterocycles. The lowest BCUT2D eigenvalue weighted by molar-refractivity contribution is 0.100. The third-order valence-electron chi connectivity index (χ3n) is 5.90. The molecule has 7 nitrogen and oxygen atoms in total. The van der Waals surface area contributed by atoms with Gasteiger partial charge in [-0.2, -0.15) is 0 Å². The van der Waals surface area contributed by atoms with Crippen LogP contribution < -0.4 is 10.5 Å². The number of aromatic nitrogens is 2. The quantitative estimate of drug-likeness (QED) is 0.372. The van der Waals surface area contributed by atoms with Crippen LogP contribution in [0.1, 0.15) is 43.6 Å². The van der Waals surface area contributed by atoms with Gasteiger partial charge in [0.05, 0.1) is 21.5 Å². The van der Waals surface area contributed by atoms with Crippen LogP contribution in [-0.2, 0) is 16.4 Å². The number of carbonyl (C=O) groups excluding carboxylic acids is 1. The summed E-state index contributed by atoms with van der Waals surface area (Å²) in [7, 11) is -3.72. The van der Waals surface area contributed by atoms with Gasteiger partial charge in [0.15, 0.2) is 0 Å². The van der Waals surface area contributed by atoms with Crippen LogP contribution in [0.4, 0.5) is 14.6 Å². The SMILES string of the molecule is CCc1cc(F)c2c(C(N)=O)c(-c3ccc(NS(=O)(=O)C(C)(C)C)nc3)n(-c3ccc(F)cc3)c2c1. The van der Waals surface area contributed by atoms with E-state index in [9.17, 15) is 17.6 Å². The number of pyridine rings is 1. The van der Waals surface area contributed by atoms with Gasteiger partial charge in [0.2, 0.25) is 10.0 Å². The van der Waals surface area contributed by atoms with Crippen LogP contribution in [0.25, 0.3) is 27.8 Å². The van der Waals surface area contributed by atoms with Crippen molar-refractivity contribution in [1.29, 1.82) is 0 Å². The maximum absolute atomic E-state index is 15.3. The average molecular weight is 513 g/mol. The van der Waals surface area contributed by atoms with Crippen molar-refractivity contribution in [3.8, 4) is 16.9 Å². The number of fused-ring (bicyclic) bond motifs is 1. The molecule has 188 valence electrons. The van der Waals surface area contributed by atoms with Gasteiger partial charge in [-0.05, 0) is 81.3 Å². The number of hydrogen-bond acceptors (Lipinski definition) is 4. The van der Waals surface area contributed by atoms with Crippen molar-refractivity contribution >= 4 is 32.7 Å². The molecular formula is C26H26F2N4O3S. The van der Waals surface area contributed by atoms with E-state index in [1.807, 2.05) is 6.92 Å². The smallest absolute Gasteiger partial charge is 0.251 e. The molecule has 0 unspecified atom stereocenters. The molecule has 0 atom stereocenters. The first-order chi connectivity index (χ1) is 16.8. The Morgan fingerprint density at radius 2 is 1.75 bits per heavy atom. The standard InChI is InChI=1S/C26H26F2N4O3S/c1-5-15-12-19(28)22-20(13-15)32(18-9-7-17(27)8-10-18)24(23(22)25(29)33)16-6-11-21(30-14-16)31-36(34,35)26(2,3)4/h6-14H,5H2,1-4H3,(H2,29,33)(H,30,31). The number of aryl methyl sites for hydroxylation is 1. The van der Waals surface area contributed by atoms with Crippen LogP contribution in [0.2, 0.25) is 0 Å². The van der Waals surface area contributed by atoms with E-state index in [2.05, 4.69) is 9.71 Å². The minimum atomic E-state index is -3.72. The highest BCUT2D eigenvalue weighted by atomic mass is 32.2.